The number of benzene rings is 1. The van der Waals surface area contributed by atoms with Gasteiger partial charge in [-0.25, -0.2) is 14.6 Å². The fourth-order valence-corrected chi connectivity index (χ4v) is 3.61. The van der Waals surface area contributed by atoms with E-state index in [1.165, 1.54) is 5.56 Å². The summed E-state index contributed by atoms with van der Waals surface area (Å²) in [5.74, 6) is 0.252. The zero-order chi connectivity index (χ0) is 18.4. The molecule has 0 spiro atoms. The van der Waals surface area contributed by atoms with Crippen molar-refractivity contribution >= 4 is 5.95 Å². The third-order valence-electron chi connectivity index (χ3n) is 4.97. The molecule has 0 fully saturated rings. The van der Waals surface area contributed by atoms with Crippen LogP contribution in [0.1, 0.15) is 16.8 Å². The van der Waals surface area contributed by atoms with Crippen LogP contribution in [0.4, 0.5) is 5.95 Å². The van der Waals surface area contributed by atoms with E-state index < -0.39 is 0 Å². The topological polar surface area (TPSA) is 100 Å². The van der Waals surface area contributed by atoms with Crippen LogP contribution in [-0.2, 0) is 26.4 Å². The van der Waals surface area contributed by atoms with E-state index in [0.717, 1.165) is 41.1 Å². The number of rotatable bonds is 3. The summed E-state index contributed by atoms with van der Waals surface area (Å²) >= 11 is 0. The zero-order valence-electron chi connectivity index (χ0n) is 14.9. The van der Waals surface area contributed by atoms with E-state index in [4.69, 9.17) is 5.73 Å². The fourth-order valence-electron chi connectivity index (χ4n) is 3.61. The summed E-state index contributed by atoms with van der Waals surface area (Å²) in [6, 6.07) is 10.3. The van der Waals surface area contributed by atoms with Crippen LogP contribution in [0.2, 0.25) is 0 Å². The normalized spacial score (nSPS) is 12.6. The number of anilines is 1. The molecule has 0 radical (unpaired) electrons. The third kappa shape index (κ3) is 2.66. The molecule has 1 aliphatic carbocycles. The van der Waals surface area contributed by atoms with E-state index in [0.29, 0.717) is 12.2 Å². The average molecular weight is 358 g/mol. The van der Waals surface area contributed by atoms with Crippen molar-refractivity contribution in [2.45, 2.75) is 19.4 Å². The number of hydrogen-bond donors (Lipinski definition) is 1. The summed E-state index contributed by atoms with van der Waals surface area (Å²) < 4.78 is 3.61. The quantitative estimate of drug-likeness (QED) is 0.600. The molecule has 0 bridgehead atoms. The first kappa shape index (κ1) is 15.7. The highest BCUT2D eigenvalue weighted by molar-refractivity contribution is 5.76. The summed E-state index contributed by atoms with van der Waals surface area (Å²) in [5, 5.41) is 12.8. The molecule has 1 aliphatic rings. The predicted octanol–water partition coefficient (Wildman–Crippen LogP) is 1.86. The molecule has 4 aromatic rings. The largest absolute Gasteiger partial charge is 0.368 e. The molecule has 0 saturated heterocycles. The first-order valence-corrected chi connectivity index (χ1v) is 8.81. The average Bonchev–Trinajstić information content (AvgIpc) is 3.31. The zero-order valence-corrected chi connectivity index (χ0v) is 14.9. The minimum absolute atomic E-state index is 0.252. The maximum atomic E-state index is 6.02. The van der Waals surface area contributed by atoms with Gasteiger partial charge in [-0.3, -0.25) is 4.68 Å². The van der Waals surface area contributed by atoms with Gasteiger partial charge in [-0.1, -0.05) is 29.5 Å². The van der Waals surface area contributed by atoms with Crippen molar-refractivity contribution in [3.8, 4) is 22.6 Å². The van der Waals surface area contributed by atoms with Gasteiger partial charge >= 0.3 is 0 Å². The molecule has 0 aliphatic heterocycles. The van der Waals surface area contributed by atoms with Crippen molar-refractivity contribution in [3.05, 3.63) is 59.5 Å². The van der Waals surface area contributed by atoms with Crippen molar-refractivity contribution in [3.63, 3.8) is 0 Å². The Bertz CT molecular complexity index is 1140. The van der Waals surface area contributed by atoms with Gasteiger partial charge in [-0.05, 0) is 24.5 Å². The maximum absolute atomic E-state index is 6.02. The van der Waals surface area contributed by atoms with Crippen LogP contribution in [0.3, 0.4) is 0 Å². The molecule has 0 amide bonds. The van der Waals surface area contributed by atoms with E-state index in [1.807, 2.05) is 30.1 Å². The lowest BCUT2D eigenvalue weighted by Gasteiger charge is -2.20. The van der Waals surface area contributed by atoms with Gasteiger partial charge in [0.25, 0.3) is 0 Å². The molecule has 27 heavy (non-hydrogen) atoms. The van der Waals surface area contributed by atoms with Crippen molar-refractivity contribution in [2.24, 2.45) is 7.05 Å². The Labute approximate surface area is 155 Å². The Morgan fingerprint density at radius 1 is 1.07 bits per heavy atom. The molecule has 0 saturated carbocycles. The molecule has 3 aromatic heterocycles. The van der Waals surface area contributed by atoms with E-state index in [-0.39, 0.29) is 5.95 Å². The standard InChI is InChI=1S/C19H18N8/c1-26-13(8-9-21-26)10-27-11-16(24-25-27)18-15-7-6-12-4-2-3-5-14(12)17(15)22-19(20)23-18/h2-5,8-9,11H,6-7,10H2,1H3,(H2,20,22,23). The van der Waals surface area contributed by atoms with Crippen LogP contribution < -0.4 is 5.73 Å². The Hall–Kier alpha value is -3.55. The highest BCUT2D eigenvalue weighted by Gasteiger charge is 2.23. The third-order valence-corrected chi connectivity index (χ3v) is 4.97. The second kappa shape index (κ2) is 6.01. The Kier molecular flexibility index (Phi) is 3.49. The van der Waals surface area contributed by atoms with Gasteiger partial charge in [0.1, 0.15) is 11.4 Å². The van der Waals surface area contributed by atoms with Crippen molar-refractivity contribution in [1.29, 1.82) is 0 Å². The number of nitrogen functional groups attached to an aromatic ring is 1. The van der Waals surface area contributed by atoms with Gasteiger partial charge in [0.15, 0.2) is 0 Å². The molecule has 0 unspecified atom stereocenters. The molecule has 1 aromatic carbocycles. The van der Waals surface area contributed by atoms with Crippen molar-refractivity contribution in [2.75, 3.05) is 5.73 Å². The van der Waals surface area contributed by atoms with E-state index >= 15 is 0 Å². The number of aromatic nitrogens is 7. The molecular formula is C19H18N8. The monoisotopic (exact) mass is 358 g/mol. The van der Waals surface area contributed by atoms with Gasteiger partial charge in [0.05, 0.1) is 24.1 Å². The number of hydrogen-bond acceptors (Lipinski definition) is 6. The van der Waals surface area contributed by atoms with Crippen LogP contribution in [0.15, 0.2) is 42.7 Å². The van der Waals surface area contributed by atoms with Crippen molar-refractivity contribution in [1.82, 2.24) is 34.7 Å². The molecule has 134 valence electrons. The van der Waals surface area contributed by atoms with E-state index in [2.05, 4.69) is 43.6 Å². The Morgan fingerprint density at radius 3 is 2.78 bits per heavy atom. The van der Waals surface area contributed by atoms with Gasteiger partial charge in [0.2, 0.25) is 5.95 Å². The summed E-state index contributed by atoms with van der Waals surface area (Å²) in [4.78, 5) is 9.01. The summed E-state index contributed by atoms with van der Waals surface area (Å²) in [7, 11) is 1.91. The first-order chi connectivity index (χ1) is 13.2. The van der Waals surface area contributed by atoms with Gasteiger partial charge in [-0.15, -0.1) is 5.10 Å². The minimum Gasteiger partial charge on any atom is -0.368 e. The van der Waals surface area contributed by atoms with Crippen LogP contribution in [0.5, 0.6) is 0 Å². The highest BCUT2D eigenvalue weighted by atomic mass is 15.4. The number of nitrogens with zero attached hydrogens (tertiary/aromatic N) is 7. The lowest BCUT2D eigenvalue weighted by molar-refractivity contribution is 0.600. The predicted molar refractivity (Wildman–Crippen MR) is 101 cm³/mol. The van der Waals surface area contributed by atoms with Crippen LogP contribution in [-0.4, -0.2) is 34.7 Å². The number of aryl methyl sites for hydroxylation is 2. The molecule has 5 rings (SSSR count). The summed E-state index contributed by atoms with van der Waals surface area (Å²) in [6.45, 7) is 0.592. The van der Waals surface area contributed by atoms with E-state index in [9.17, 15) is 0 Å². The molecular weight excluding hydrogens is 340 g/mol. The lowest BCUT2D eigenvalue weighted by Crippen LogP contribution is -2.11. The second-order valence-electron chi connectivity index (χ2n) is 6.66. The maximum Gasteiger partial charge on any atom is 0.221 e. The number of nitrogens with two attached hydrogens (primary N) is 1. The van der Waals surface area contributed by atoms with E-state index in [1.54, 1.807) is 10.9 Å². The highest BCUT2D eigenvalue weighted by Crippen LogP contribution is 2.36. The smallest absolute Gasteiger partial charge is 0.221 e. The van der Waals surface area contributed by atoms with Gasteiger partial charge in [0, 0.05) is 24.4 Å². The molecule has 0 atom stereocenters. The minimum atomic E-state index is 0.252. The SMILES string of the molecule is Cn1nccc1Cn1cc(-c2nc(N)nc3c2CCc2ccccc2-3)nn1. The van der Waals surface area contributed by atoms with Crippen LogP contribution in [0, 0.1) is 0 Å². The molecule has 2 N–H and O–H groups in total. The van der Waals surface area contributed by atoms with Crippen LogP contribution >= 0.6 is 0 Å². The fraction of sp³-hybridized carbons (Fsp3) is 0.211. The van der Waals surface area contributed by atoms with Crippen molar-refractivity contribution < 1.29 is 0 Å². The van der Waals surface area contributed by atoms with Crippen LogP contribution in [0.25, 0.3) is 22.6 Å². The summed E-state index contributed by atoms with van der Waals surface area (Å²) in [6.07, 6.45) is 5.48. The number of fused-ring (bicyclic) bond motifs is 3. The molecule has 3 heterocycles. The first-order valence-electron chi connectivity index (χ1n) is 8.81. The summed E-state index contributed by atoms with van der Waals surface area (Å²) in [5.41, 5.74) is 12.9. The lowest BCUT2D eigenvalue weighted by atomic mass is 9.88. The van der Waals surface area contributed by atoms with Gasteiger partial charge in [-0.2, -0.15) is 5.10 Å². The van der Waals surface area contributed by atoms with Gasteiger partial charge < -0.3 is 5.73 Å². The Balaban J connectivity index is 1.57. The Morgan fingerprint density at radius 2 is 1.93 bits per heavy atom. The second-order valence-corrected chi connectivity index (χ2v) is 6.66. The molecule has 8 nitrogen and oxygen atoms in total. The molecule has 8 heteroatoms.